The quantitative estimate of drug-likeness (QED) is 0.705. The van der Waals surface area contributed by atoms with E-state index in [0.717, 1.165) is 11.4 Å². The lowest BCUT2D eigenvalue weighted by molar-refractivity contribution is -0.114. The SMILES string of the molecule is CC(=O)Nc1cccc(NCC(O)CN(C)C)c1. The van der Waals surface area contributed by atoms with Crippen molar-refractivity contribution < 1.29 is 9.90 Å². The van der Waals surface area contributed by atoms with Gasteiger partial charge in [-0.3, -0.25) is 4.79 Å². The molecule has 1 atom stereocenters. The lowest BCUT2D eigenvalue weighted by atomic mass is 10.2. The number of carbonyl (C=O) groups excluding carboxylic acids is 1. The summed E-state index contributed by atoms with van der Waals surface area (Å²) in [6.45, 7) is 2.56. The highest BCUT2D eigenvalue weighted by atomic mass is 16.3. The van der Waals surface area contributed by atoms with Crippen LogP contribution >= 0.6 is 0 Å². The topological polar surface area (TPSA) is 64.6 Å². The van der Waals surface area contributed by atoms with Crippen molar-refractivity contribution in [2.75, 3.05) is 37.8 Å². The Hall–Kier alpha value is -1.59. The summed E-state index contributed by atoms with van der Waals surface area (Å²) in [5.74, 6) is -0.0974. The summed E-state index contributed by atoms with van der Waals surface area (Å²) in [7, 11) is 3.83. The van der Waals surface area contributed by atoms with Crippen molar-refractivity contribution >= 4 is 17.3 Å². The van der Waals surface area contributed by atoms with Crippen molar-refractivity contribution in [1.29, 1.82) is 0 Å². The number of aliphatic hydroxyl groups is 1. The van der Waals surface area contributed by atoms with Gasteiger partial charge in [0.25, 0.3) is 0 Å². The molecule has 1 rings (SSSR count). The maximum Gasteiger partial charge on any atom is 0.221 e. The van der Waals surface area contributed by atoms with E-state index >= 15 is 0 Å². The normalized spacial score (nSPS) is 12.3. The van der Waals surface area contributed by atoms with Crippen LogP contribution in [-0.2, 0) is 4.79 Å². The van der Waals surface area contributed by atoms with E-state index in [4.69, 9.17) is 0 Å². The number of aliphatic hydroxyl groups excluding tert-OH is 1. The van der Waals surface area contributed by atoms with Gasteiger partial charge in [0.15, 0.2) is 0 Å². The van der Waals surface area contributed by atoms with E-state index in [1.165, 1.54) is 6.92 Å². The smallest absolute Gasteiger partial charge is 0.221 e. The number of hydrogen-bond acceptors (Lipinski definition) is 4. The number of benzene rings is 1. The van der Waals surface area contributed by atoms with Crippen LogP contribution in [-0.4, -0.2) is 49.2 Å². The van der Waals surface area contributed by atoms with Gasteiger partial charge in [0, 0.05) is 31.4 Å². The molecular formula is C13H21N3O2. The average Bonchev–Trinajstić information content (AvgIpc) is 2.25. The fraction of sp³-hybridized carbons (Fsp3) is 0.462. The highest BCUT2D eigenvalue weighted by Gasteiger charge is 2.05. The van der Waals surface area contributed by atoms with Crippen molar-refractivity contribution in [1.82, 2.24) is 4.90 Å². The Morgan fingerprint density at radius 1 is 1.39 bits per heavy atom. The van der Waals surface area contributed by atoms with Gasteiger partial charge in [0.05, 0.1) is 6.10 Å². The van der Waals surface area contributed by atoms with E-state index < -0.39 is 6.10 Å². The molecular weight excluding hydrogens is 230 g/mol. The first-order chi connectivity index (χ1) is 8.47. The molecule has 0 fully saturated rings. The number of likely N-dealkylation sites (N-methyl/N-ethyl adjacent to an activating group) is 1. The monoisotopic (exact) mass is 251 g/mol. The minimum atomic E-state index is -0.426. The van der Waals surface area contributed by atoms with Gasteiger partial charge in [-0.15, -0.1) is 0 Å². The van der Waals surface area contributed by atoms with Crippen molar-refractivity contribution in [2.45, 2.75) is 13.0 Å². The molecule has 5 nitrogen and oxygen atoms in total. The van der Waals surface area contributed by atoms with Crippen LogP contribution in [0.5, 0.6) is 0 Å². The first-order valence-corrected chi connectivity index (χ1v) is 5.91. The molecule has 0 saturated carbocycles. The average molecular weight is 251 g/mol. The number of nitrogens with zero attached hydrogens (tertiary/aromatic N) is 1. The third kappa shape index (κ3) is 5.65. The predicted octanol–water partition coefficient (Wildman–Crippen LogP) is 0.979. The molecule has 0 aromatic heterocycles. The zero-order chi connectivity index (χ0) is 13.5. The van der Waals surface area contributed by atoms with Crippen LogP contribution in [0.4, 0.5) is 11.4 Å². The van der Waals surface area contributed by atoms with Crippen LogP contribution in [0, 0.1) is 0 Å². The Morgan fingerprint density at radius 3 is 2.67 bits per heavy atom. The summed E-state index contributed by atoms with van der Waals surface area (Å²) in [6.07, 6.45) is -0.426. The molecule has 0 bridgehead atoms. The van der Waals surface area contributed by atoms with E-state index in [0.29, 0.717) is 13.1 Å². The summed E-state index contributed by atoms with van der Waals surface area (Å²) >= 11 is 0. The van der Waals surface area contributed by atoms with Gasteiger partial charge in [-0.25, -0.2) is 0 Å². The largest absolute Gasteiger partial charge is 0.390 e. The molecule has 0 heterocycles. The number of amides is 1. The highest BCUT2D eigenvalue weighted by molar-refractivity contribution is 5.89. The molecule has 0 spiro atoms. The van der Waals surface area contributed by atoms with Crippen LogP contribution in [0.15, 0.2) is 24.3 Å². The van der Waals surface area contributed by atoms with Gasteiger partial charge in [-0.05, 0) is 32.3 Å². The van der Waals surface area contributed by atoms with Gasteiger partial charge in [-0.1, -0.05) is 6.07 Å². The summed E-state index contributed by atoms with van der Waals surface area (Å²) in [6, 6.07) is 7.41. The maximum atomic E-state index is 10.9. The van der Waals surface area contributed by atoms with Crippen LogP contribution in [0.1, 0.15) is 6.92 Å². The van der Waals surface area contributed by atoms with Gasteiger partial charge >= 0.3 is 0 Å². The molecule has 1 aromatic carbocycles. The van der Waals surface area contributed by atoms with Crippen LogP contribution in [0.25, 0.3) is 0 Å². The van der Waals surface area contributed by atoms with Gasteiger partial charge < -0.3 is 20.6 Å². The Kier molecular flexibility index (Phi) is 5.61. The van der Waals surface area contributed by atoms with Crippen molar-refractivity contribution in [2.24, 2.45) is 0 Å². The van der Waals surface area contributed by atoms with E-state index in [-0.39, 0.29) is 5.91 Å². The lowest BCUT2D eigenvalue weighted by Gasteiger charge is -2.17. The summed E-state index contributed by atoms with van der Waals surface area (Å²) < 4.78 is 0. The van der Waals surface area contributed by atoms with Gasteiger partial charge in [0.2, 0.25) is 5.91 Å². The molecule has 1 unspecified atom stereocenters. The van der Waals surface area contributed by atoms with Crippen LogP contribution < -0.4 is 10.6 Å². The Balaban J connectivity index is 2.49. The second-order valence-electron chi connectivity index (χ2n) is 4.56. The van der Waals surface area contributed by atoms with E-state index in [9.17, 15) is 9.90 Å². The lowest BCUT2D eigenvalue weighted by Crippen LogP contribution is -2.31. The molecule has 0 radical (unpaired) electrons. The Morgan fingerprint density at radius 2 is 2.06 bits per heavy atom. The van der Waals surface area contributed by atoms with E-state index in [1.54, 1.807) is 0 Å². The second-order valence-corrected chi connectivity index (χ2v) is 4.56. The first kappa shape index (κ1) is 14.5. The Bertz CT molecular complexity index is 394. The summed E-state index contributed by atoms with van der Waals surface area (Å²) in [5.41, 5.74) is 1.62. The number of nitrogens with one attached hydrogen (secondary N) is 2. The molecule has 100 valence electrons. The number of anilines is 2. The molecule has 0 aliphatic carbocycles. The molecule has 3 N–H and O–H groups in total. The fourth-order valence-corrected chi connectivity index (χ4v) is 1.63. The highest BCUT2D eigenvalue weighted by Crippen LogP contribution is 2.14. The van der Waals surface area contributed by atoms with Crippen molar-refractivity contribution in [3.05, 3.63) is 24.3 Å². The van der Waals surface area contributed by atoms with E-state index in [2.05, 4.69) is 10.6 Å². The molecule has 1 amide bonds. The summed E-state index contributed by atoms with van der Waals surface area (Å²) in [5, 5.41) is 15.6. The second kappa shape index (κ2) is 6.98. The van der Waals surface area contributed by atoms with E-state index in [1.807, 2.05) is 43.3 Å². The summed E-state index contributed by atoms with van der Waals surface area (Å²) in [4.78, 5) is 12.9. The minimum absolute atomic E-state index is 0.0974. The predicted molar refractivity (Wildman–Crippen MR) is 73.8 cm³/mol. The zero-order valence-electron chi connectivity index (χ0n) is 11.1. The molecule has 18 heavy (non-hydrogen) atoms. The maximum absolute atomic E-state index is 10.9. The van der Waals surface area contributed by atoms with Gasteiger partial charge in [-0.2, -0.15) is 0 Å². The molecule has 0 saturated heterocycles. The van der Waals surface area contributed by atoms with Crippen molar-refractivity contribution in [3.63, 3.8) is 0 Å². The Labute approximate surface area is 108 Å². The third-order valence-corrected chi connectivity index (χ3v) is 2.30. The van der Waals surface area contributed by atoms with Crippen LogP contribution in [0.2, 0.25) is 0 Å². The molecule has 0 aliphatic heterocycles. The third-order valence-electron chi connectivity index (χ3n) is 2.30. The van der Waals surface area contributed by atoms with Crippen molar-refractivity contribution in [3.8, 4) is 0 Å². The van der Waals surface area contributed by atoms with Crippen LogP contribution in [0.3, 0.4) is 0 Å². The number of carbonyl (C=O) groups is 1. The first-order valence-electron chi connectivity index (χ1n) is 5.91. The molecule has 0 aliphatic rings. The number of hydrogen-bond donors (Lipinski definition) is 3. The minimum Gasteiger partial charge on any atom is -0.390 e. The standard InChI is InChI=1S/C13H21N3O2/c1-10(17)15-12-6-4-5-11(7-12)14-8-13(18)9-16(2)3/h4-7,13-14,18H,8-9H2,1-3H3,(H,15,17). The number of rotatable bonds is 6. The molecule has 5 heteroatoms. The zero-order valence-corrected chi connectivity index (χ0v) is 11.1. The van der Waals surface area contributed by atoms with Gasteiger partial charge in [0.1, 0.15) is 0 Å². The fourth-order valence-electron chi connectivity index (χ4n) is 1.63. The molecule has 1 aromatic rings.